The molecule has 1 N–H and O–H groups in total. The lowest BCUT2D eigenvalue weighted by molar-refractivity contribution is 0.0696. The molecule has 0 unspecified atom stereocenters. The normalized spacial score (nSPS) is 11.4. The summed E-state index contributed by atoms with van der Waals surface area (Å²) in [6, 6.07) is 5.44. The average molecular weight is 300 g/mol. The summed E-state index contributed by atoms with van der Waals surface area (Å²) in [5, 5.41) is 9.28. The van der Waals surface area contributed by atoms with Crippen LogP contribution < -0.4 is 4.90 Å². The maximum atomic E-state index is 11.3. The molecular formula is C13H18BrNO2. The van der Waals surface area contributed by atoms with E-state index < -0.39 is 5.97 Å². The van der Waals surface area contributed by atoms with Gasteiger partial charge in [0.05, 0.1) is 11.3 Å². The fourth-order valence-electron chi connectivity index (χ4n) is 1.57. The second-order valence-electron chi connectivity index (χ2n) is 4.66. The van der Waals surface area contributed by atoms with Crippen LogP contribution in [0.1, 0.15) is 37.6 Å². The van der Waals surface area contributed by atoms with Gasteiger partial charge < -0.3 is 10.0 Å². The first-order valence-electron chi connectivity index (χ1n) is 5.57. The first kappa shape index (κ1) is 14.0. The lowest BCUT2D eigenvalue weighted by Gasteiger charge is -2.37. The van der Waals surface area contributed by atoms with Crippen LogP contribution >= 0.6 is 15.9 Å². The van der Waals surface area contributed by atoms with Crippen LogP contribution in [0.2, 0.25) is 0 Å². The molecule has 0 saturated heterocycles. The Morgan fingerprint density at radius 1 is 1.47 bits per heavy atom. The van der Waals surface area contributed by atoms with Crippen LogP contribution in [0.3, 0.4) is 0 Å². The molecule has 0 radical (unpaired) electrons. The molecule has 3 nitrogen and oxygen atoms in total. The Morgan fingerprint density at radius 3 is 2.53 bits per heavy atom. The fraction of sp³-hybridized carbons (Fsp3) is 0.462. The Hall–Kier alpha value is -1.03. The summed E-state index contributed by atoms with van der Waals surface area (Å²) in [7, 11) is 1.93. The number of halogens is 1. The van der Waals surface area contributed by atoms with Crippen LogP contribution in [-0.4, -0.2) is 23.7 Å². The maximum Gasteiger partial charge on any atom is 0.338 e. The summed E-state index contributed by atoms with van der Waals surface area (Å²) in [4.78, 5) is 13.3. The highest BCUT2D eigenvalue weighted by molar-refractivity contribution is 9.10. The first-order valence-corrected chi connectivity index (χ1v) is 6.36. The van der Waals surface area contributed by atoms with Gasteiger partial charge in [-0.15, -0.1) is 0 Å². The Morgan fingerprint density at radius 2 is 2.06 bits per heavy atom. The van der Waals surface area contributed by atoms with E-state index in [0.29, 0.717) is 10.0 Å². The van der Waals surface area contributed by atoms with E-state index in [1.54, 1.807) is 6.07 Å². The zero-order valence-corrected chi connectivity index (χ0v) is 12.2. The number of carboxylic acid groups (broad SMARTS) is 1. The second-order valence-corrected chi connectivity index (χ2v) is 5.52. The van der Waals surface area contributed by atoms with E-state index >= 15 is 0 Å². The summed E-state index contributed by atoms with van der Waals surface area (Å²) >= 11 is 3.30. The third kappa shape index (κ3) is 2.80. The highest BCUT2D eigenvalue weighted by atomic mass is 79.9. The van der Waals surface area contributed by atoms with Crippen LogP contribution in [0.4, 0.5) is 5.69 Å². The van der Waals surface area contributed by atoms with E-state index in [2.05, 4.69) is 36.7 Å². The molecule has 17 heavy (non-hydrogen) atoms. The molecule has 0 aliphatic carbocycles. The number of nitrogens with zero attached hydrogens (tertiary/aromatic N) is 1. The van der Waals surface area contributed by atoms with Gasteiger partial charge in [0, 0.05) is 17.1 Å². The number of hydrogen-bond donors (Lipinski definition) is 1. The zero-order chi connectivity index (χ0) is 13.2. The van der Waals surface area contributed by atoms with Crippen molar-refractivity contribution in [1.29, 1.82) is 0 Å². The van der Waals surface area contributed by atoms with E-state index in [1.807, 2.05) is 24.1 Å². The van der Waals surface area contributed by atoms with Crippen LogP contribution in [-0.2, 0) is 0 Å². The molecule has 0 aromatic heterocycles. The molecule has 0 heterocycles. The van der Waals surface area contributed by atoms with Gasteiger partial charge in [-0.25, -0.2) is 4.79 Å². The molecule has 1 aromatic carbocycles. The number of carbonyl (C=O) groups is 1. The minimum absolute atomic E-state index is 0.0784. The van der Waals surface area contributed by atoms with Crippen molar-refractivity contribution in [3.63, 3.8) is 0 Å². The number of aromatic carboxylic acids is 1. The summed E-state index contributed by atoms with van der Waals surface area (Å²) in [6.07, 6.45) is 0.940. The number of carboxylic acids is 1. The highest BCUT2D eigenvalue weighted by Crippen LogP contribution is 2.32. The standard InChI is InChI=1S/C13H18BrNO2/c1-5-13(2,3)15(4)10-8-6-7-9(14)11(10)12(16)17/h6-8H,5H2,1-4H3,(H,16,17). The molecular weight excluding hydrogens is 282 g/mol. The highest BCUT2D eigenvalue weighted by Gasteiger charge is 2.26. The number of hydrogen-bond acceptors (Lipinski definition) is 2. The summed E-state index contributed by atoms with van der Waals surface area (Å²) in [6.45, 7) is 6.29. The molecule has 0 fully saturated rings. The molecule has 0 aliphatic heterocycles. The minimum atomic E-state index is -0.911. The molecule has 0 bridgehead atoms. The molecule has 0 saturated carbocycles. The van der Waals surface area contributed by atoms with E-state index in [4.69, 9.17) is 0 Å². The Kier molecular flexibility index (Phi) is 4.20. The predicted octanol–water partition coefficient (Wildman–Crippen LogP) is 3.77. The van der Waals surface area contributed by atoms with Gasteiger partial charge in [-0.05, 0) is 48.3 Å². The average Bonchev–Trinajstić information content (AvgIpc) is 2.27. The lowest BCUT2D eigenvalue weighted by atomic mass is 9.98. The van der Waals surface area contributed by atoms with E-state index in [-0.39, 0.29) is 5.54 Å². The molecule has 94 valence electrons. The van der Waals surface area contributed by atoms with Crippen LogP contribution in [0, 0.1) is 0 Å². The predicted molar refractivity (Wildman–Crippen MR) is 73.9 cm³/mol. The number of benzene rings is 1. The van der Waals surface area contributed by atoms with Crippen molar-refractivity contribution in [2.75, 3.05) is 11.9 Å². The summed E-state index contributed by atoms with van der Waals surface area (Å²) in [5.41, 5.74) is 0.973. The lowest BCUT2D eigenvalue weighted by Crippen LogP contribution is -2.41. The molecule has 1 aromatic rings. The first-order chi connectivity index (χ1) is 7.81. The largest absolute Gasteiger partial charge is 0.478 e. The number of anilines is 1. The monoisotopic (exact) mass is 299 g/mol. The van der Waals surface area contributed by atoms with Gasteiger partial charge in [-0.3, -0.25) is 0 Å². The topological polar surface area (TPSA) is 40.5 Å². The third-order valence-electron chi connectivity index (χ3n) is 3.34. The molecule has 0 aliphatic rings. The van der Waals surface area contributed by atoms with Crippen molar-refractivity contribution in [3.8, 4) is 0 Å². The molecule has 0 amide bonds. The van der Waals surface area contributed by atoms with Gasteiger partial charge in [0.25, 0.3) is 0 Å². The molecule has 1 rings (SSSR count). The Balaban J connectivity index is 3.32. The van der Waals surface area contributed by atoms with Gasteiger partial charge in [-0.1, -0.05) is 13.0 Å². The van der Waals surface area contributed by atoms with Crippen LogP contribution in [0.25, 0.3) is 0 Å². The summed E-state index contributed by atoms with van der Waals surface area (Å²) in [5.74, 6) is -0.911. The van der Waals surface area contributed by atoms with E-state index in [9.17, 15) is 9.90 Å². The Labute approximate surface area is 111 Å². The fourth-order valence-corrected chi connectivity index (χ4v) is 2.09. The van der Waals surface area contributed by atoms with Crippen LogP contribution in [0.5, 0.6) is 0 Å². The van der Waals surface area contributed by atoms with Gasteiger partial charge in [-0.2, -0.15) is 0 Å². The van der Waals surface area contributed by atoms with Crippen molar-refractivity contribution in [3.05, 3.63) is 28.2 Å². The zero-order valence-electron chi connectivity index (χ0n) is 10.6. The molecule has 0 spiro atoms. The smallest absolute Gasteiger partial charge is 0.338 e. The van der Waals surface area contributed by atoms with Gasteiger partial charge in [0.2, 0.25) is 0 Å². The quantitative estimate of drug-likeness (QED) is 0.920. The third-order valence-corrected chi connectivity index (χ3v) is 4.00. The van der Waals surface area contributed by atoms with Crippen molar-refractivity contribution < 1.29 is 9.90 Å². The minimum Gasteiger partial charge on any atom is -0.478 e. The second kappa shape index (κ2) is 5.08. The van der Waals surface area contributed by atoms with Crippen molar-refractivity contribution in [2.24, 2.45) is 0 Å². The summed E-state index contributed by atoms with van der Waals surface area (Å²) < 4.78 is 0.612. The van der Waals surface area contributed by atoms with Crippen LogP contribution in [0.15, 0.2) is 22.7 Å². The molecule has 0 atom stereocenters. The van der Waals surface area contributed by atoms with Gasteiger partial charge in [0.15, 0.2) is 0 Å². The van der Waals surface area contributed by atoms with E-state index in [1.165, 1.54) is 0 Å². The van der Waals surface area contributed by atoms with Crippen molar-refractivity contribution in [2.45, 2.75) is 32.7 Å². The van der Waals surface area contributed by atoms with E-state index in [0.717, 1.165) is 12.1 Å². The van der Waals surface area contributed by atoms with Crippen molar-refractivity contribution >= 4 is 27.6 Å². The molecule has 4 heteroatoms. The number of rotatable bonds is 4. The Bertz CT molecular complexity index is 429. The van der Waals surface area contributed by atoms with Crippen molar-refractivity contribution in [1.82, 2.24) is 0 Å². The SMILES string of the molecule is CCC(C)(C)N(C)c1cccc(Br)c1C(=O)O. The van der Waals surface area contributed by atoms with Gasteiger partial charge in [0.1, 0.15) is 0 Å². The van der Waals surface area contributed by atoms with Gasteiger partial charge >= 0.3 is 5.97 Å². The maximum absolute atomic E-state index is 11.3.